The van der Waals surface area contributed by atoms with Crippen LogP contribution >= 0.6 is 0 Å². The van der Waals surface area contributed by atoms with Crippen LogP contribution in [0.15, 0.2) is 55.1 Å². The van der Waals surface area contributed by atoms with Gasteiger partial charge in [0.05, 0.1) is 11.8 Å². The quantitative estimate of drug-likeness (QED) is 0.681. The van der Waals surface area contributed by atoms with Gasteiger partial charge in [0.25, 0.3) is 5.91 Å². The molecule has 0 N–H and O–H groups in total. The summed E-state index contributed by atoms with van der Waals surface area (Å²) in [5, 5.41) is 4.29. The van der Waals surface area contributed by atoms with Crippen LogP contribution in [0.2, 0.25) is 0 Å². The lowest BCUT2D eigenvalue weighted by atomic mass is 9.95. The standard InChI is InChI=1S/C22H27N5O/c1-17(2)27-16-20(14-24-27)22(28)25-11-8-19(9-12-25)21-23-10-13-26(21)15-18-6-4-3-5-7-18/h3-7,10,13-14,16-17,19H,8-9,11-12,15H2,1-2H3. The van der Waals surface area contributed by atoms with Gasteiger partial charge in [0.15, 0.2) is 0 Å². The molecule has 1 fully saturated rings. The number of hydrogen-bond acceptors (Lipinski definition) is 3. The van der Waals surface area contributed by atoms with Crippen LogP contribution in [0.3, 0.4) is 0 Å². The van der Waals surface area contributed by atoms with Crippen LogP contribution < -0.4 is 0 Å². The highest BCUT2D eigenvalue weighted by Crippen LogP contribution is 2.28. The first-order valence-electron chi connectivity index (χ1n) is 10.00. The Morgan fingerprint density at radius 1 is 1.18 bits per heavy atom. The first kappa shape index (κ1) is 18.5. The molecule has 0 unspecified atom stereocenters. The number of benzene rings is 1. The Morgan fingerprint density at radius 3 is 2.61 bits per heavy atom. The number of piperidine rings is 1. The average Bonchev–Trinajstić information content (AvgIpc) is 3.38. The first-order valence-corrected chi connectivity index (χ1v) is 10.00. The van der Waals surface area contributed by atoms with Gasteiger partial charge in [-0.05, 0) is 32.3 Å². The van der Waals surface area contributed by atoms with Gasteiger partial charge in [-0.25, -0.2) is 4.98 Å². The van der Waals surface area contributed by atoms with Gasteiger partial charge in [0.2, 0.25) is 0 Å². The number of imidazole rings is 1. The van der Waals surface area contributed by atoms with E-state index >= 15 is 0 Å². The Kier molecular flexibility index (Phi) is 5.28. The van der Waals surface area contributed by atoms with Gasteiger partial charge in [-0.1, -0.05) is 30.3 Å². The summed E-state index contributed by atoms with van der Waals surface area (Å²) in [4.78, 5) is 19.4. The normalized spacial score (nSPS) is 15.3. The van der Waals surface area contributed by atoms with Crippen molar-refractivity contribution in [3.63, 3.8) is 0 Å². The van der Waals surface area contributed by atoms with Crippen molar-refractivity contribution < 1.29 is 4.79 Å². The number of carbonyl (C=O) groups excluding carboxylic acids is 1. The molecule has 0 spiro atoms. The van der Waals surface area contributed by atoms with E-state index in [9.17, 15) is 4.79 Å². The Balaban J connectivity index is 1.39. The summed E-state index contributed by atoms with van der Waals surface area (Å²) in [5.41, 5.74) is 1.95. The molecule has 4 rings (SSSR count). The first-order chi connectivity index (χ1) is 13.6. The Hall–Kier alpha value is -2.89. The second-order valence-electron chi connectivity index (χ2n) is 7.77. The van der Waals surface area contributed by atoms with E-state index in [2.05, 4.69) is 59.0 Å². The molecule has 1 amide bonds. The summed E-state index contributed by atoms with van der Waals surface area (Å²) >= 11 is 0. The van der Waals surface area contributed by atoms with E-state index in [0.717, 1.165) is 38.3 Å². The van der Waals surface area contributed by atoms with E-state index in [0.29, 0.717) is 11.5 Å². The van der Waals surface area contributed by atoms with E-state index < -0.39 is 0 Å². The van der Waals surface area contributed by atoms with Gasteiger partial charge in [0, 0.05) is 50.2 Å². The highest BCUT2D eigenvalue weighted by atomic mass is 16.2. The lowest BCUT2D eigenvalue weighted by Gasteiger charge is -2.31. The highest BCUT2D eigenvalue weighted by molar-refractivity contribution is 5.93. The Bertz CT molecular complexity index is 919. The minimum absolute atomic E-state index is 0.0815. The third kappa shape index (κ3) is 3.86. The molecule has 6 nitrogen and oxygen atoms in total. The molecule has 0 atom stereocenters. The molecule has 3 aromatic rings. The molecule has 1 saturated heterocycles. The third-order valence-corrected chi connectivity index (χ3v) is 5.47. The predicted molar refractivity (Wildman–Crippen MR) is 108 cm³/mol. The third-order valence-electron chi connectivity index (χ3n) is 5.47. The van der Waals surface area contributed by atoms with E-state index in [4.69, 9.17) is 0 Å². The van der Waals surface area contributed by atoms with Crippen molar-refractivity contribution in [2.24, 2.45) is 0 Å². The minimum atomic E-state index is 0.0815. The minimum Gasteiger partial charge on any atom is -0.339 e. The van der Waals surface area contributed by atoms with Crippen LogP contribution in [-0.4, -0.2) is 43.2 Å². The summed E-state index contributed by atoms with van der Waals surface area (Å²) < 4.78 is 4.07. The number of likely N-dealkylation sites (tertiary alicyclic amines) is 1. The zero-order valence-corrected chi connectivity index (χ0v) is 16.5. The van der Waals surface area contributed by atoms with Crippen molar-refractivity contribution in [2.75, 3.05) is 13.1 Å². The second kappa shape index (κ2) is 8.00. The summed E-state index contributed by atoms with van der Waals surface area (Å²) in [6, 6.07) is 10.7. The summed E-state index contributed by atoms with van der Waals surface area (Å²) in [6.07, 6.45) is 9.36. The van der Waals surface area contributed by atoms with Gasteiger partial charge in [-0.2, -0.15) is 5.10 Å². The molecule has 28 heavy (non-hydrogen) atoms. The summed E-state index contributed by atoms with van der Waals surface area (Å²) in [6.45, 7) is 6.47. The number of rotatable bonds is 5. The molecule has 146 valence electrons. The molecule has 3 heterocycles. The van der Waals surface area contributed by atoms with Crippen molar-refractivity contribution in [1.82, 2.24) is 24.2 Å². The SMILES string of the molecule is CC(C)n1cc(C(=O)N2CCC(c3nccn3Cc3ccccc3)CC2)cn1. The molecular formula is C22H27N5O. The molecule has 2 aromatic heterocycles. The molecule has 6 heteroatoms. The topological polar surface area (TPSA) is 56.0 Å². The van der Waals surface area contributed by atoms with Crippen LogP contribution in [0.5, 0.6) is 0 Å². The number of hydrogen-bond donors (Lipinski definition) is 0. The van der Waals surface area contributed by atoms with Crippen molar-refractivity contribution in [1.29, 1.82) is 0 Å². The molecule has 1 aliphatic rings. The smallest absolute Gasteiger partial charge is 0.257 e. The lowest BCUT2D eigenvalue weighted by molar-refractivity contribution is 0.0710. The summed E-state index contributed by atoms with van der Waals surface area (Å²) in [5.74, 6) is 1.60. The maximum Gasteiger partial charge on any atom is 0.257 e. The Labute approximate surface area is 165 Å². The van der Waals surface area contributed by atoms with E-state index in [-0.39, 0.29) is 11.9 Å². The van der Waals surface area contributed by atoms with Crippen molar-refractivity contribution in [2.45, 2.75) is 45.2 Å². The van der Waals surface area contributed by atoms with Gasteiger partial charge in [-0.3, -0.25) is 9.48 Å². The fourth-order valence-electron chi connectivity index (χ4n) is 3.85. The van der Waals surface area contributed by atoms with Crippen molar-refractivity contribution in [3.05, 3.63) is 72.1 Å². The van der Waals surface area contributed by atoms with Crippen molar-refractivity contribution >= 4 is 5.91 Å². The molecule has 1 aliphatic heterocycles. The largest absolute Gasteiger partial charge is 0.339 e. The van der Waals surface area contributed by atoms with E-state index in [1.807, 2.05) is 28.0 Å². The lowest BCUT2D eigenvalue weighted by Crippen LogP contribution is -2.38. The average molecular weight is 377 g/mol. The number of carbonyl (C=O) groups is 1. The summed E-state index contributed by atoms with van der Waals surface area (Å²) in [7, 11) is 0. The molecule has 0 aliphatic carbocycles. The van der Waals surface area contributed by atoms with Crippen LogP contribution in [0.1, 0.15) is 60.4 Å². The van der Waals surface area contributed by atoms with Crippen LogP contribution in [0.25, 0.3) is 0 Å². The zero-order valence-electron chi connectivity index (χ0n) is 16.5. The molecular weight excluding hydrogens is 350 g/mol. The fraction of sp³-hybridized carbons (Fsp3) is 0.409. The van der Waals surface area contributed by atoms with Crippen LogP contribution in [0.4, 0.5) is 0 Å². The number of amides is 1. The van der Waals surface area contributed by atoms with Gasteiger partial charge < -0.3 is 9.47 Å². The van der Waals surface area contributed by atoms with Gasteiger partial charge in [-0.15, -0.1) is 0 Å². The molecule has 0 radical (unpaired) electrons. The highest BCUT2D eigenvalue weighted by Gasteiger charge is 2.27. The molecule has 0 bridgehead atoms. The second-order valence-corrected chi connectivity index (χ2v) is 7.77. The predicted octanol–water partition coefficient (Wildman–Crippen LogP) is 3.73. The maximum atomic E-state index is 12.8. The molecule has 0 saturated carbocycles. The van der Waals surface area contributed by atoms with Crippen LogP contribution in [0, 0.1) is 0 Å². The van der Waals surface area contributed by atoms with Crippen LogP contribution in [-0.2, 0) is 6.54 Å². The zero-order chi connectivity index (χ0) is 19.5. The molecule has 1 aromatic carbocycles. The Morgan fingerprint density at radius 2 is 1.93 bits per heavy atom. The fourth-order valence-corrected chi connectivity index (χ4v) is 3.85. The maximum absolute atomic E-state index is 12.8. The number of aromatic nitrogens is 4. The van der Waals surface area contributed by atoms with E-state index in [1.165, 1.54) is 5.56 Å². The van der Waals surface area contributed by atoms with Gasteiger partial charge in [0.1, 0.15) is 5.82 Å². The monoisotopic (exact) mass is 377 g/mol. The van der Waals surface area contributed by atoms with Crippen molar-refractivity contribution in [3.8, 4) is 0 Å². The van der Waals surface area contributed by atoms with Gasteiger partial charge >= 0.3 is 0 Å². The van der Waals surface area contributed by atoms with E-state index in [1.54, 1.807) is 6.20 Å². The number of nitrogens with zero attached hydrogens (tertiary/aromatic N) is 5.